The number of benzene rings is 3. The Labute approximate surface area is 201 Å². The van der Waals surface area contributed by atoms with E-state index in [1.54, 1.807) is 31.4 Å². The Balaban J connectivity index is 1.75. The fraction of sp³-hybridized carbons (Fsp3) is 0.241. The number of nitrogens with one attached hydrogen (secondary N) is 1. The van der Waals surface area contributed by atoms with Gasteiger partial charge in [-0.15, -0.1) is 0 Å². The topological polar surface area (TPSA) is 58.6 Å². The van der Waals surface area contributed by atoms with Gasteiger partial charge in [-0.25, -0.2) is 4.90 Å². The van der Waals surface area contributed by atoms with Crippen molar-refractivity contribution in [1.29, 1.82) is 0 Å². The SMILES string of the molecule is COc1ccc(C2=C(Nc3ccc(C(C)C)cc3)C(=O)N(c3ccc(C(C)C)cc3)C2=O)cc1. The van der Waals surface area contributed by atoms with Crippen LogP contribution in [0.1, 0.15) is 56.2 Å². The van der Waals surface area contributed by atoms with Crippen LogP contribution >= 0.6 is 0 Å². The Bertz CT molecular complexity index is 1220. The van der Waals surface area contributed by atoms with Gasteiger partial charge in [0.2, 0.25) is 0 Å². The molecule has 4 rings (SSSR count). The number of methoxy groups -OCH3 is 1. The van der Waals surface area contributed by atoms with E-state index in [1.807, 2.05) is 48.5 Å². The van der Waals surface area contributed by atoms with Crippen molar-refractivity contribution in [2.75, 3.05) is 17.3 Å². The fourth-order valence-electron chi connectivity index (χ4n) is 4.01. The molecule has 1 aliphatic heterocycles. The van der Waals surface area contributed by atoms with Crippen LogP contribution in [0.2, 0.25) is 0 Å². The highest BCUT2D eigenvalue weighted by atomic mass is 16.5. The van der Waals surface area contributed by atoms with Crippen LogP contribution in [-0.2, 0) is 9.59 Å². The van der Waals surface area contributed by atoms with E-state index in [-0.39, 0.29) is 17.5 Å². The Kier molecular flexibility index (Phi) is 6.55. The largest absolute Gasteiger partial charge is 0.497 e. The Morgan fingerprint density at radius 3 is 1.74 bits per heavy atom. The molecule has 0 aromatic heterocycles. The van der Waals surface area contributed by atoms with Gasteiger partial charge in [0.05, 0.1) is 18.4 Å². The summed E-state index contributed by atoms with van der Waals surface area (Å²) < 4.78 is 5.26. The van der Waals surface area contributed by atoms with Gasteiger partial charge in [0.1, 0.15) is 11.4 Å². The molecule has 34 heavy (non-hydrogen) atoms. The van der Waals surface area contributed by atoms with Crippen molar-refractivity contribution in [1.82, 2.24) is 0 Å². The molecule has 0 bridgehead atoms. The highest BCUT2D eigenvalue weighted by Crippen LogP contribution is 2.35. The molecule has 0 radical (unpaired) electrons. The summed E-state index contributed by atoms with van der Waals surface area (Å²) in [6.07, 6.45) is 0. The highest BCUT2D eigenvalue weighted by molar-refractivity contribution is 6.46. The van der Waals surface area contributed by atoms with E-state index < -0.39 is 0 Å². The lowest BCUT2D eigenvalue weighted by atomic mass is 10.0. The zero-order chi connectivity index (χ0) is 24.4. The van der Waals surface area contributed by atoms with Gasteiger partial charge in [0, 0.05) is 5.69 Å². The van der Waals surface area contributed by atoms with Gasteiger partial charge in [-0.05, 0) is 64.9 Å². The van der Waals surface area contributed by atoms with Crippen LogP contribution in [-0.4, -0.2) is 18.9 Å². The van der Waals surface area contributed by atoms with Crippen LogP contribution in [0.4, 0.5) is 11.4 Å². The van der Waals surface area contributed by atoms with E-state index >= 15 is 0 Å². The molecule has 0 fully saturated rings. The van der Waals surface area contributed by atoms with E-state index in [9.17, 15) is 9.59 Å². The van der Waals surface area contributed by atoms with E-state index in [0.717, 1.165) is 11.3 Å². The summed E-state index contributed by atoms with van der Waals surface area (Å²) in [5.41, 5.74) is 4.92. The van der Waals surface area contributed by atoms with Crippen molar-refractivity contribution >= 4 is 28.8 Å². The first-order chi connectivity index (χ1) is 16.3. The quantitative estimate of drug-likeness (QED) is 0.423. The average Bonchev–Trinajstić information content (AvgIpc) is 3.08. The van der Waals surface area contributed by atoms with Gasteiger partial charge in [-0.1, -0.05) is 64.1 Å². The Morgan fingerprint density at radius 1 is 0.706 bits per heavy atom. The third kappa shape index (κ3) is 4.46. The number of imide groups is 1. The van der Waals surface area contributed by atoms with Crippen molar-refractivity contribution in [2.24, 2.45) is 0 Å². The minimum absolute atomic E-state index is 0.264. The van der Waals surface area contributed by atoms with Crippen LogP contribution in [0.15, 0.2) is 78.5 Å². The van der Waals surface area contributed by atoms with Crippen molar-refractivity contribution in [3.8, 4) is 5.75 Å². The average molecular weight is 455 g/mol. The van der Waals surface area contributed by atoms with Crippen LogP contribution in [0.3, 0.4) is 0 Å². The number of rotatable bonds is 7. The molecule has 0 unspecified atom stereocenters. The second kappa shape index (κ2) is 9.56. The molecule has 5 heteroatoms. The lowest BCUT2D eigenvalue weighted by Gasteiger charge is -2.16. The molecule has 1 N–H and O–H groups in total. The molecular formula is C29H30N2O3. The maximum Gasteiger partial charge on any atom is 0.282 e. The van der Waals surface area contributed by atoms with Crippen molar-refractivity contribution < 1.29 is 14.3 Å². The zero-order valence-electron chi connectivity index (χ0n) is 20.3. The normalized spacial score (nSPS) is 13.9. The van der Waals surface area contributed by atoms with Crippen molar-refractivity contribution in [3.63, 3.8) is 0 Å². The third-order valence-electron chi connectivity index (χ3n) is 6.13. The van der Waals surface area contributed by atoms with Crippen LogP contribution in [0.5, 0.6) is 5.75 Å². The summed E-state index contributed by atoms with van der Waals surface area (Å²) in [4.78, 5) is 28.4. The van der Waals surface area contributed by atoms with Gasteiger partial charge in [-0.2, -0.15) is 0 Å². The molecular weight excluding hydrogens is 424 g/mol. The minimum Gasteiger partial charge on any atom is -0.497 e. The molecule has 2 amide bonds. The highest BCUT2D eigenvalue weighted by Gasteiger charge is 2.40. The Hall–Kier alpha value is -3.86. The number of carbonyl (C=O) groups excluding carboxylic acids is 2. The summed E-state index contributed by atoms with van der Waals surface area (Å²) in [5, 5.41) is 3.23. The first kappa shape index (κ1) is 23.3. The van der Waals surface area contributed by atoms with Gasteiger partial charge in [0.25, 0.3) is 11.8 Å². The fourth-order valence-corrected chi connectivity index (χ4v) is 4.01. The number of amides is 2. The summed E-state index contributed by atoms with van der Waals surface area (Å²) in [7, 11) is 1.59. The van der Waals surface area contributed by atoms with E-state index in [4.69, 9.17) is 4.74 Å². The number of hydrogen-bond donors (Lipinski definition) is 1. The molecule has 1 heterocycles. The number of carbonyl (C=O) groups is 2. The van der Waals surface area contributed by atoms with E-state index in [2.05, 4.69) is 33.0 Å². The van der Waals surface area contributed by atoms with E-state index in [0.29, 0.717) is 34.4 Å². The molecule has 3 aromatic carbocycles. The van der Waals surface area contributed by atoms with Gasteiger partial charge in [-0.3, -0.25) is 9.59 Å². The Morgan fingerprint density at radius 2 is 1.24 bits per heavy atom. The first-order valence-electron chi connectivity index (χ1n) is 11.5. The third-order valence-corrected chi connectivity index (χ3v) is 6.13. The molecule has 3 aromatic rings. The van der Waals surface area contributed by atoms with Crippen LogP contribution in [0.25, 0.3) is 5.57 Å². The number of nitrogens with zero attached hydrogens (tertiary/aromatic N) is 1. The molecule has 0 spiro atoms. The summed E-state index contributed by atoms with van der Waals surface area (Å²) in [6, 6.07) is 22.7. The van der Waals surface area contributed by atoms with Crippen LogP contribution < -0.4 is 15.0 Å². The molecule has 1 aliphatic rings. The molecule has 0 saturated carbocycles. The molecule has 174 valence electrons. The summed E-state index contributed by atoms with van der Waals surface area (Å²) in [6.45, 7) is 8.48. The predicted octanol–water partition coefficient (Wildman–Crippen LogP) is 6.34. The first-order valence-corrected chi connectivity index (χ1v) is 11.5. The molecule has 0 atom stereocenters. The second-order valence-electron chi connectivity index (χ2n) is 9.07. The molecule has 0 aliphatic carbocycles. The lowest BCUT2D eigenvalue weighted by molar-refractivity contribution is -0.120. The van der Waals surface area contributed by atoms with Crippen molar-refractivity contribution in [3.05, 3.63) is 95.2 Å². The predicted molar refractivity (Wildman–Crippen MR) is 137 cm³/mol. The summed E-state index contributed by atoms with van der Waals surface area (Å²) in [5.74, 6) is 0.719. The molecule has 0 saturated heterocycles. The minimum atomic E-state index is -0.374. The summed E-state index contributed by atoms with van der Waals surface area (Å²) >= 11 is 0. The van der Waals surface area contributed by atoms with Gasteiger partial charge >= 0.3 is 0 Å². The van der Waals surface area contributed by atoms with Crippen molar-refractivity contribution in [2.45, 2.75) is 39.5 Å². The molecule has 5 nitrogen and oxygen atoms in total. The zero-order valence-corrected chi connectivity index (χ0v) is 20.3. The smallest absolute Gasteiger partial charge is 0.282 e. The second-order valence-corrected chi connectivity index (χ2v) is 9.07. The number of anilines is 2. The number of ether oxygens (including phenoxy) is 1. The maximum atomic E-state index is 13.6. The lowest BCUT2D eigenvalue weighted by Crippen LogP contribution is -2.32. The van der Waals surface area contributed by atoms with E-state index in [1.165, 1.54) is 10.5 Å². The maximum absolute atomic E-state index is 13.6. The van der Waals surface area contributed by atoms with Gasteiger partial charge < -0.3 is 10.1 Å². The monoisotopic (exact) mass is 454 g/mol. The van der Waals surface area contributed by atoms with Gasteiger partial charge in [0.15, 0.2) is 0 Å². The van der Waals surface area contributed by atoms with Crippen LogP contribution in [0, 0.1) is 0 Å². The number of hydrogen-bond acceptors (Lipinski definition) is 4. The standard InChI is InChI=1S/C29H30N2O3/c1-18(2)20-6-12-23(13-7-20)30-27-26(22-10-16-25(34-5)17-11-22)28(32)31(29(27)33)24-14-8-21(9-15-24)19(3)4/h6-19,30H,1-5H3.